The average molecular weight is 310 g/mol. The Bertz CT molecular complexity index is 680. The van der Waals surface area contributed by atoms with Crippen molar-refractivity contribution in [3.05, 3.63) is 36.7 Å². The zero-order chi connectivity index (χ0) is 15.3. The Hall–Kier alpha value is -2.06. The lowest BCUT2D eigenvalue weighted by Gasteiger charge is -2.08. The Morgan fingerprint density at radius 1 is 1.29 bits per heavy atom. The molecule has 0 radical (unpaired) electrons. The van der Waals surface area contributed by atoms with Gasteiger partial charge >= 0.3 is 0 Å². The van der Waals surface area contributed by atoms with Crippen molar-refractivity contribution in [1.82, 2.24) is 15.1 Å². The molecule has 2 rings (SSSR count). The topological polar surface area (TPSA) is 85.2 Å². The number of aromatic nitrogens is 2. The van der Waals surface area contributed by atoms with E-state index in [-0.39, 0.29) is 4.90 Å². The Morgan fingerprint density at radius 2 is 2.00 bits per heavy atom. The second-order valence-electron chi connectivity index (χ2n) is 4.43. The van der Waals surface area contributed by atoms with Gasteiger partial charge in [-0.1, -0.05) is 0 Å². The minimum Gasteiger partial charge on any atom is -0.492 e. The molecule has 7 nitrogen and oxygen atoms in total. The lowest BCUT2D eigenvalue weighted by molar-refractivity contribution is 0.318. The van der Waals surface area contributed by atoms with E-state index in [0.29, 0.717) is 18.0 Å². The maximum absolute atomic E-state index is 12.2. The van der Waals surface area contributed by atoms with Crippen molar-refractivity contribution in [1.29, 1.82) is 0 Å². The van der Waals surface area contributed by atoms with Gasteiger partial charge in [0.05, 0.1) is 16.8 Å². The fraction of sp³-hybridized carbons (Fsp3) is 0.308. The predicted molar refractivity (Wildman–Crippen MR) is 79.9 cm³/mol. The standard InChI is InChI=1S/C13H18N4O3S/c1-14-7-8-20-12-3-5-13(6-4-12)21(18,19)16-11-9-15-17(2)10-11/h3-6,9-10,14,16H,7-8H2,1-2H3. The van der Waals surface area contributed by atoms with E-state index in [1.54, 1.807) is 25.4 Å². The number of hydrogen-bond acceptors (Lipinski definition) is 5. The highest BCUT2D eigenvalue weighted by atomic mass is 32.2. The molecule has 0 unspecified atom stereocenters. The molecular formula is C13H18N4O3S. The van der Waals surface area contributed by atoms with Crippen LogP contribution in [-0.4, -0.2) is 38.4 Å². The maximum atomic E-state index is 12.2. The molecule has 1 aromatic heterocycles. The van der Waals surface area contributed by atoms with E-state index in [0.717, 1.165) is 6.54 Å². The van der Waals surface area contributed by atoms with Crippen LogP contribution in [0, 0.1) is 0 Å². The Morgan fingerprint density at radius 3 is 2.57 bits per heavy atom. The molecule has 0 saturated heterocycles. The number of nitrogens with zero attached hydrogens (tertiary/aromatic N) is 2. The van der Waals surface area contributed by atoms with Crippen LogP contribution in [0.1, 0.15) is 0 Å². The zero-order valence-electron chi connectivity index (χ0n) is 11.9. The lowest BCUT2D eigenvalue weighted by atomic mass is 10.3. The molecule has 1 heterocycles. The molecule has 21 heavy (non-hydrogen) atoms. The van der Waals surface area contributed by atoms with E-state index in [4.69, 9.17) is 4.74 Å². The number of hydrogen-bond donors (Lipinski definition) is 2. The molecule has 2 aromatic rings. The number of likely N-dealkylation sites (N-methyl/N-ethyl adjacent to an activating group) is 1. The largest absolute Gasteiger partial charge is 0.492 e. The molecule has 0 spiro atoms. The van der Waals surface area contributed by atoms with Crippen LogP contribution in [0.15, 0.2) is 41.6 Å². The van der Waals surface area contributed by atoms with Gasteiger partial charge in [-0.15, -0.1) is 0 Å². The molecular weight excluding hydrogens is 292 g/mol. The van der Waals surface area contributed by atoms with E-state index in [2.05, 4.69) is 15.1 Å². The van der Waals surface area contributed by atoms with Crippen molar-refractivity contribution in [3.8, 4) is 5.75 Å². The number of nitrogens with one attached hydrogen (secondary N) is 2. The van der Waals surface area contributed by atoms with Crippen molar-refractivity contribution in [3.63, 3.8) is 0 Å². The molecule has 0 atom stereocenters. The van der Waals surface area contributed by atoms with Crippen molar-refractivity contribution in [2.75, 3.05) is 24.9 Å². The van der Waals surface area contributed by atoms with Crippen molar-refractivity contribution >= 4 is 15.7 Å². The first-order chi connectivity index (χ1) is 10.0. The summed E-state index contributed by atoms with van der Waals surface area (Å²) in [6, 6.07) is 6.28. The fourth-order valence-corrected chi connectivity index (χ4v) is 2.70. The van der Waals surface area contributed by atoms with E-state index in [9.17, 15) is 8.42 Å². The van der Waals surface area contributed by atoms with E-state index in [1.807, 2.05) is 7.05 Å². The summed E-state index contributed by atoms with van der Waals surface area (Å²) in [4.78, 5) is 0.173. The first-order valence-electron chi connectivity index (χ1n) is 6.40. The monoisotopic (exact) mass is 310 g/mol. The van der Waals surface area contributed by atoms with Crippen LogP contribution in [0.2, 0.25) is 0 Å². The van der Waals surface area contributed by atoms with Gasteiger partial charge in [0, 0.05) is 19.8 Å². The van der Waals surface area contributed by atoms with Crippen molar-refractivity contribution in [2.45, 2.75) is 4.90 Å². The van der Waals surface area contributed by atoms with Gasteiger partial charge in [-0.05, 0) is 31.3 Å². The molecule has 0 aliphatic rings. The van der Waals surface area contributed by atoms with Crippen LogP contribution in [0.3, 0.4) is 0 Å². The van der Waals surface area contributed by atoms with Crippen LogP contribution >= 0.6 is 0 Å². The lowest BCUT2D eigenvalue weighted by Crippen LogP contribution is -2.16. The van der Waals surface area contributed by atoms with Gasteiger partial charge < -0.3 is 10.1 Å². The van der Waals surface area contributed by atoms with Gasteiger partial charge in [0.15, 0.2) is 0 Å². The third kappa shape index (κ3) is 4.20. The summed E-state index contributed by atoms with van der Waals surface area (Å²) in [6.07, 6.45) is 3.04. The Kier molecular flexibility index (Phi) is 4.81. The van der Waals surface area contributed by atoms with Crippen molar-refractivity contribution in [2.24, 2.45) is 7.05 Å². The summed E-state index contributed by atoms with van der Waals surface area (Å²) in [5, 5.41) is 6.88. The predicted octanol–water partition coefficient (Wildman–Crippen LogP) is 0.819. The molecule has 0 amide bonds. The van der Waals surface area contributed by atoms with Gasteiger partial charge in [0.25, 0.3) is 10.0 Å². The minimum atomic E-state index is -3.61. The Labute approximate surface area is 124 Å². The summed E-state index contributed by atoms with van der Waals surface area (Å²) < 4.78 is 33.8. The van der Waals surface area contributed by atoms with Gasteiger partial charge in [0.1, 0.15) is 12.4 Å². The minimum absolute atomic E-state index is 0.173. The summed E-state index contributed by atoms with van der Waals surface area (Å²) in [6.45, 7) is 1.25. The van der Waals surface area contributed by atoms with Gasteiger partial charge in [0.2, 0.25) is 0 Å². The molecule has 2 N–H and O–H groups in total. The number of benzene rings is 1. The van der Waals surface area contributed by atoms with E-state index >= 15 is 0 Å². The highest BCUT2D eigenvalue weighted by molar-refractivity contribution is 7.92. The number of rotatable bonds is 7. The SMILES string of the molecule is CNCCOc1ccc(S(=O)(=O)Nc2cnn(C)c2)cc1. The first-order valence-corrected chi connectivity index (χ1v) is 7.88. The number of anilines is 1. The average Bonchev–Trinajstić information content (AvgIpc) is 2.84. The van der Waals surface area contributed by atoms with Crippen LogP contribution in [-0.2, 0) is 17.1 Å². The Balaban J connectivity index is 2.06. The third-order valence-electron chi connectivity index (χ3n) is 2.71. The van der Waals surface area contributed by atoms with Gasteiger partial charge in [-0.3, -0.25) is 9.40 Å². The summed E-state index contributed by atoms with van der Waals surface area (Å²) in [7, 11) is -0.0594. The van der Waals surface area contributed by atoms with Gasteiger partial charge in [-0.2, -0.15) is 5.10 Å². The molecule has 0 saturated carbocycles. The van der Waals surface area contributed by atoms with Crippen LogP contribution < -0.4 is 14.8 Å². The number of ether oxygens (including phenoxy) is 1. The highest BCUT2D eigenvalue weighted by Crippen LogP contribution is 2.18. The quantitative estimate of drug-likeness (QED) is 0.740. The molecule has 114 valence electrons. The molecule has 0 fully saturated rings. The molecule has 0 aliphatic heterocycles. The van der Waals surface area contributed by atoms with Gasteiger partial charge in [-0.25, -0.2) is 8.42 Å². The molecule has 1 aromatic carbocycles. The maximum Gasteiger partial charge on any atom is 0.261 e. The normalized spacial score (nSPS) is 11.3. The number of sulfonamides is 1. The van der Waals surface area contributed by atoms with Crippen LogP contribution in [0.25, 0.3) is 0 Å². The van der Waals surface area contributed by atoms with E-state index in [1.165, 1.54) is 23.0 Å². The fourth-order valence-electron chi connectivity index (χ4n) is 1.67. The summed E-state index contributed by atoms with van der Waals surface area (Å²) in [5.41, 5.74) is 0.423. The number of aryl methyl sites for hydroxylation is 1. The summed E-state index contributed by atoms with van der Waals surface area (Å²) in [5.74, 6) is 0.630. The van der Waals surface area contributed by atoms with Crippen LogP contribution in [0.4, 0.5) is 5.69 Å². The smallest absolute Gasteiger partial charge is 0.261 e. The summed E-state index contributed by atoms with van der Waals surface area (Å²) >= 11 is 0. The zero-order valence-corrected chi connectivity index (χ0v) is 12.7. The van der Waals surface area contributed by atoms with E-state index < -0.39 is 10.0 Å². The van der Waals surface area contributed by atoms with Crippen molar-refractivity contribution < 1.29 is 13.2 Å². The highest BCUT2D eigenvalue weighted by Gasteiger charge is 2.14. The third-order valence-corrected chi connectivity index (χ3v) is 4.11. The second-order valence-corrected chi connectivity index (χ2v) is 6.11. The molecule has 0 bridgehead atoms. The van der Waals surface area contributed by atoms with Crippen LogP contribution in [0.5, 0.6) is 5.75 Å². The second kappa shape index (κ2) is 6.59. The first kappa shape index (κ1) is 15.3. The molecule has 0 aliphatic carbocycles. The molecule has 8 heteroatoms.